The van der Waals surface area contributed by atoms with Crippen LogP contribution in [-0.4, -0.2) is 48.2 Å². The molecule has 2 fully saturated rings. The second-order valence-corrected chi connectivity index (χ2v) is 5.95. The van der Waals surface area contributed by atoms with Crippen LogP contribution < -0.4 is 4.74 Å². The van der Waals surface area contributed by atoms with E-state index in [9.17, 15) is 23.5 Å². The van der Waals surface area contributed by atoms with Gasteiger partial charge in [0.1, 0.15) is 17.3 Å². The molecule has 1 aromatic rings. The van der Waals surface area contributed by atoms with E-state index in [1.807, 2.05) is 0 Å². The monoisotopic (exact) mass is 341 g/mol. The molecule has 130 valence electrons. The Labute approximate surface area is 137 Å². The molecule has 0 aromatic heterocycles. The predicted molar refractivity (Wildman–Crippen MR) is 77.6 cm³/mol. The van der Waals surface area contributed by atoms with E-state index >= 15 is 0 Å². The number of morpholine rings is 1. The number of aliphatic carboxylic acids is 1. The van der Waals surface area contributed by atoms with Gasteiger partial charge in [0.05, 0.1) is 13.2 Å². The van der Waals surface area contributed by atoms with Gasteiger partial charge in [-0.3, -0.25) is 9.59 Å². The number of alkyl halides is 2. The Bertz CT molecular complexity index is 647. The van der Waals surface area contributed by atoms with Gasteiger partial charge in [0.15, 0.2) is 0 Å². The molecule has 1 aliphatic heterocycles. The smallest absolute Gasteiger partial charge is 0.387 e. The minimum absolute atomic E-state index is 0.0127. The van der Waals surface area contributed by atoms with Crippen LogP contribution in [0.2, 0.25) is 0 Å². The third-order valence-electron chi connectivity index (χ3n) is 4.38. The molecule has 1 unspecified atom stereocenters. The molecular weight excluding hydrogens is 324 g/mol. The van der Waals surface area contributed by atoms with Gasteiger partial charge in [-0.25, -0.2) is 0 Å². The maximum atomic E-state index is 12.5. The molecule has 1 atom stereocenters. The largest absolute Gasteiger partial charge is 0.480 e. The highest BCUT2D eigenvalue weighted by Crippen LogP contribution is 2.48. The summed E-state index contributed by atoms with van der Waals surface area (Å²) in [5, 5.41) is 9.24. The Balaban J connectivity index is 1.72. The van der Waals surface area contributed by atoms with Crippen molar-refractivity contribution < 1.29 is 33.0 Å². The highest BCUT2D eigenvalue weighted by molar-refractivity contribution is 6.04. The van der Waals surface area contributed by atoms with Crippen LogP contribution in [0.5, 0.6) is 5.75 Å². The molecule has 6 nitrogen and oxygen atoms in total. The summed E-state index contributed by atoms with van der Waals surface area (Å²) in [6.45, 7) is -2.16. The lowest BCUT2D eigenvalue weighted by molar-refractivity contribution is -0.157. The number of amides is 1. The summed E-state index contributed by atoms with van der Waals surface area (Å²) < 4.78 is 34.6. The van der Waals surface area contributed by atoms with Crippen LogP contribution in [0, 0.1) is 5.41 Å². The molecule has 3 rings (SSSR count). The van der Waals surface area contributed by atoms with E-state index in [2.05, 4.69) is 4.74 Å². The first-order chi connectivity index (χ1) is 11.4. The van der Waals surface area contributed by atoms with Gasteiger partial charge in [0, 0.05) is 6.54 Å². The normalized spacial score (nSPS) is 22.3. The van der Waals surface area contributed by atoms with Gasteiger partial charge in [0.2, 0.25) is 5.91 Å². The second-order valence-electron chi connectivity index (χ2n) is 5.95. The second kappa shape index (κ2) is 6.35. The van der Waals surface area contributed by atoms with E-state index in [-0.39, 0.29) is 18.9 Å². The number of hydrogen-bond donors (Lipinski definition) is 1. The molecule has 2 aliphatic rings. The Kier molecular flexibility index (Phi) is 4.40. The van der Waals surface area contributed by atoms with E-state index in [0.717, 1.165) is 0 Å². The van der Waals surface area contributed by atoms with Gasteiger partial charge >= 0.3 is 12.6 Å². The number of carbonyl (C=O) groups excluding carboxylic acids is 1. The number of ether oxygens (including phenoxy) is 2. The highest BCUT2D eigenvalue weighted by atomic mass is 19.3. The number of nitrogens with zero attached hydrogens (tertiary/aromatic N) is 1. The average Bonchev–Trinajstić information content (AvgIpc) is 3.36. The highest BCUT2D eigenvalue weighted by Gasteiger charge is 2.58. The zero-order valence-corrected chi connectivity index (χ0v) is 12.8. The minimum atomic E-state index is -2.92. The van der Waals surface area contributed by atoms with E-state index in [1.165, 1.54) is 17.0 Å². The molecule has 1 amide bonds. The first-order valence-corrected chi connectivity index (χ1v) is 7.61. The first kappa shape index (κ1) is 16.6. The minimum Gasteiger partial charge on any atom is -0.480 e. The van der Waals surface area contributed by atoms with Crippen molar-refractivity contribution in [3.8, 4) is 5.75 Å². The third-order valence-corrected chi connectivity index (χ3v) is 4.38. The maximum absolute atomic E-state index is 12.5. The van der Waals surface area contributed by atoms with Crippen molar-refractivity contribution in [2.24, 2.45) is 5.41 Å². The summed E-state index contributed by atoms with van der Waals surface area (Å²) in [6.07, 6.45) is 0.190. The zero-order chi connectivity index (χ0) is 17.3. The summed E-state index contributed by atoms with van der Waals surface area (Å²) in [6, 6.07) is 6.11. The van der Waals surface area contributed by atoms with Crippen LogP contribution >= 0.6 is 0 Å². The Hall–Kier alpha value is -2.22. The van der Waals surface area contributed by atoms with Crippen molar-refractivity contribution >= 4 is 11.9 Å². The lowest BCUT2D eigenvalue weighted by Crippen LogP contribution is -2.47. The van der Waals surface area contributed by atoms with Crippen LogP contribution in [0.3, 0.4) is 0 Å². The van der Waals surface area contributed by atoms with Gasteiger partial charge in [-0.15, -0.1) is 0 Å². The Morgan fingerprint density at radius 1 is 1.38 bits per heavy atom. The molecule has 24 heavy (non-hydrogen) atoms. The van der Waals surface area contributed by atoms with Crippen molar-refractivity contribution in [1.82, 2.24) is 4.90 Å². The van der Waals surface area contributed by atoms with Gasteiger partial charge in [-0.2, -0.15) is 8.78 Å². The lowest BCUT2D eigenvalue weighted by atomic mass is 10.0. The summed E-state index contributed by atoms with van der Waals surface area (Å²) in [5.41, 5.74) is -0.687. The number of carbonyl (C=O) groups is 2. The van der Waals surface area contributed by atoms with E-state index in [0.29, 0.717) is 24.9 Å². The third kappa shape index (κ3) is 3.19. The van der Waals surface area contributed by atoms with Crippen molar-refractivity contribution in [3.05, 3.63) is 29.8 Å². The van der Waals surface area contributed by atoms with Crippen LogP contribution in [-0.2, 0) is 14.3 Å². The zero-order valence-electron chi connectivity index (χ0n) is 12.8. The molecule has 1 saturated carbocycles. The molecule has 0 radical (unpaired) electrons. The van der Waals surface area contributed by atoms with Crippen LogP contribution in [0.15, 0.2) is 24.3 Å². The summed E-state index contributed by atoms with van der Waals surface area (Å²) in [5.74, 6) is -1.48. The summed E-state index contributed by atoms with van der Waals surface area (Å²) in [4.78, 5) is 25.3. The molecule has 0 spiro atoms. The number of carboxylic acid groups (broad SMARTS) is 1. The number of benzene rings is 1. The number of carboxylic acids is 1. The van der Waals surface area contributed by atoms with Crippen molar-refractivity contribution in [2.75, 3.05) is 19.7 Å². The van der Waals surface area contributed by atoms with Gasteiger partial charge in [-0.1, -0.05) is 12.1 Å². The molecule has 1 heterocycles. The maximum Gasteiger partial charge on any atom is 0.387 e. The topological polar surface area (TPSA) is 76.1 Å². The lowest BCUT2D eigenvalue weighted by Gasteiger charge is -2.34. The fourth-order valence-electron chi connectivity index (χ4n) is 2.87. The first-order valence-electron chi connectivity index (χ1n) is 7.61. The van der Waals surface area contributed by atoms with Crippen molar-refractivity contribution in [3.63, 3.8) is 0 Å². The quantitative estimate of drug-likeness (QED) is 0.830. The fourth-order valence-corrected chi connectivity index (χ4v) is 2.87. The van der Waals surface area contributed by atoms with Gasteiger partial charge in [-0.05, 0) is 30.5 Å². The Morgan fingerprint density at radius 3 is 2.75 bits per heavy atom. The van der Waals surface area contributed by atoms with E-state index in [1.54, 1.807) is 12.1 Å². The fraction of sp³-hybridized carbons (Fsp3) is 0.500. The van der Waals surface area contributed by atoms with Crippen molar-refractivity contribution in [1.29, 1.82) is 0 Å². The summed E-state index contributed by atoms with van der Waals surface area (Å²) in [7, 11) is 0. The molecule has 0 bridgehead atoms. The van der Waals surface area contributed by atoms with Crippen LogP contribution in [0.25, 0.3) is 0 Å². The van der Waals surface area contributed by atoms with Gasteiger partial charge in [0.25, 0.3) is 0 Å². The van der Waals surface area contributed by atoms with Gasteiger partial charge < -0.3 is 19.5 Å². The van der Waals surface area contributed by atoms with Crippen LogP contribution in [0.1, 0.15) is 24.5 Å². The van der Waals surface area contributed by atoms with Crippen LogP contribution in [0.4, 0.5) is 8.78 Å². The predicted octanol–water partition coefficient (Wildman–Crippen LogP) is 2.05. The Morgan fingerprint density at radius 2 is 2.12 bits per heavy atom. The van der Waals surface area contributed by atoms with Crippen molar-refractivity contribution in [2.45, 2.75) is 25.6 Å². The van der Waals surface area contributed by atoms with E-state index in [4.69, 9.17) is 4.74 Å². The molecule has 8 heteroatoms. The molecule has 1 N–H and O–H groups in total. The number of halogens is 2. The molecule has 1 aromatic carbocycles. The standard InChI is InChI=1S/C16H17F2NO5/c17-15(18)24-11-3-1-2-10(8-11)12-9-19(6-7-23-12)13(20)16(4-5-16)14(21)22/h1-3,8,12,15H,4-7,9H2,(H,21,22). The number of hydrogen-bond acceptors (Lipinski definition) is 4. The van der Waals surface area contributed by atoms with E-state index < -0.39 is 30.0 Å². The molecule has 1 saturated heterocycles. The molecule has 1 aliphatic carbocycles. The number of rotatable bonds is 5. The molecular formula is C16H17F2NO5. The average molecular weight is 341 g/mol. The SMILES string of the molecule is O=C(O)C1(C(=O)N2CCOC(c3cccc(OC(F)F)c3)C2)CC1. The summed E-state index contributed by atoms with van der Waals surface area (Å²) >= 11 is 0.